The molecule has 0 radical (unpaired) electrons. The second kappa shape index (κ2) is 67.8. The van der Waals surface area contributed by atoms with Gasteiger partial charge in [-0.25, -0.2) is 0 Å². The van der Waals surface area contributed by atoms with Gasteiger partial charge < -0.3 is 29.6 Å². The van der Waals surface area contributed by atoms with Gasteiger partial charge in [-0.15, -0.1) is 0 Å². The number of rotatable bonds is 69. The third-order valence-electron chi connectivity index (χ3n) is 16.2. The zero-order valence-electron chi connectivity index (χ0n) is 55.0. The predicted molar refractivity (Wildman–Crippen MR) is 347 cm³/mol. The molecular formula is C70H138N4O8. The van der Waals surface area contributed by atoms with Crippen LogP contribution < -0.4 is 10.6 Å². The average Bonchev–Trinajstić information content (AvgIpc) is 3.47. The summed E-state index contributed by atoms with van der Waals surface area (Å²) in [5, 5.41) is 6.48. The third kappa shape index (κ3) is 63.7. The first kappa shape index (κ1) is 79.7. The highest BCUT2D eigenvalue weighted by molar-refractivity contribution is 5.72. The Balaban J connectivity index is 5.21. The van der Waals surface area contributed by atoms with Crippen molar-refractivity contribution in [3.8, 4) is 0 Å². The van der Waals surface area contributed by atoms with Crippen molar-refractivity contribution in [2.75, 3.05) is 91.9 Å². The topological polar surface area (TPSA) is 136 Å². The number of nitrogens with zero attached hydrogens (tertiary/aromatic N) is 2. The summed E-state index contributed by atoms with van der Waals surface area (Å²) in [7, 11) is 0. The molecule has 12 heteroatoms. The number of carbonyl (C=O) groups is 4. The highest BCUT2D eigenvalue weighted by Gasteiger charge is 2.18. The Kier molecular flexibility index (Phi) is 66.0. The van der Waals surface area contributed by atoms with Crippen LogP contribution in [-0.2, 0) is 38.1 Å². The monoisotopic (exact) mass is 1160 g/mol. The minimum atomic E-state index is -0.262. The van der Waals surface area contributed by atoms with Gasteiger partial charge in [0.05, 0.1) is 52.6 Å². The third-order valence-corrected chi connectivity index (χ3v) is 16.2. The molecule has 0 aromatic heterocycles. The first-order chi connectivity index (χ1) is 40.4. The van der Waals surface area contributed by atoms with Crippen LogP contribution in [0.4, 0.5) is 0 Å². The maximum atomic E-state index is 13.3. The van der Waals surface area contributed by atoms with Crippen LogP contribution in [0.3, 0.4) is 0 Å². The van der Waals surface area contributed by atoms with Crippen LogP contribution in [0.15, 0.2) is 0 Å². The lowest BCUT2D eigenvalue weighted by Gasteiger charge is -2.27. The molecule has 0 atom stereocenters. The fraction of sp³-hybridized carbons (Fsp3) is 0.943. The molecule has 0 rings (SSSR count). The summed E-state index contributed by atoms with van der Waals surface area (Å²) in [6.45, 7) is 14.3. The van der Waals surface area contributed by atoms with E-state index >= 15 is 0 Å². The van der Waals surface area contributed by atoms with Gasteiger partial charge in [-0.1, -0.05) is 310 Å². The maximum absolute atomic E-state index is 13.3. The Morgan fingerprint density at radius 2 is 0.427 bits per heavy atom. The Labute approximate surface area is 508 Å². The Bertz CT molecular complexity index is 1240. The number of unbranched alkanes of at least 4 members (excludes halogenated alkanes) is 44. The van der Waals surface area contributed by atoms with E-state index in [9.17, 15) is 19.2 Å². The quantitative estimate of drug-likeness (QED) is 0.0341. The van der Waals surface area contributed by atoms with Crippen molar-refractivity contribution in [3.05, 3.63) is 0 Å². The van der Waals surface area contributed by atoms with Crippen LogP contribution in [0.5, 0.6) is 0 Å². The number of hydrogen-bond acceptors (Lipinski definition) is 12. The Hall–Kier alpha value is -2.28. The van der Waals surface area contributed by atoms with Gasteiger partial charge in [0.2, 0.25) is 0 Å². The van der Waals surface area contributed by atoms with E-state index in [1.54, 1.807) is 0 Å². The lowest BCUT2D eigenvalue weighted by Crippen LogP contribution is -2.45. The van der Waals surface area contributed by atoms with Crippen LogP contribution in [0.2, 0.25) is 0 Å². The first-order valence-electron chi connectivity index (χ1n) is 35.8. The van der Waals surface area contributed by atoms with Gasteiger partial charge in [-0.2, -0.15) is 0 Å². The highest BCUT2D eigenvalue weighted by Crippen LogP contribution is 2.16. The highest BCUT2D eigenvalue weighted by atomic mass is 16.5. The predicted octanol–water partition coefficient (Wildman–Crippen LogP) is 17.7. The SMILES string of the molecule is CCCCCCCCCCCCCCOC(=O)CNCCN(CCN(CCNCC(=O)OCCCCCCCCCCCCCC)CC(=O)OCCCCCCCCCCCCCC)CC(=O)OCCCCCCCCCCCCCC. The van der Waals surface area contributed by atoms with Crippen LogP contribution in [0.25, 0.3) is 0 Å². The molecule has 12 nitrogen and oxygen atoms in total. The van der Waals surface area contributed by atoms with E-state index in [0.717, 1.165) is 51.4 Å². The molecule has 0 unspecified atom stereocenters. The largest absolute Gasteiger partial charge is 0.465 e. The molecule has 0 spiro atoms. The molecule has 0 fully saturated rings. The first-order valence-corrected chi connectivity index (χ1v) is 35.8. The molecule has 0 aromatic carbocycles. The lowest BCUT2D eigenvalue weighted by molar-refractivity contribution is -0.147. The van der Waals surface area contributed by atoms with Crippen LogP contribution >= 0.6 is 0 Å². The van der Waals surface area contributed by atoms with E-state index in [1.165, 1.54) is 257 Å². The summed E-state index contributed by atoms with van der Waals surface area (Å²) in [6, 6.07) is 0. The van der Waals surface area contributed by atoms with Crippen molar-refractivity contribution in [2.24, 2.45) is 0 Å². The molecule has 0 bridgehead atoms. The fourth-order valence-electron chi connectivity index (χ4n) is 10.8. The fourth-order valence-corrected chi connectivity index (χ4v) is 10.8. The van der Waals surface area contributed by atoms with E-state index in [1.807, 2.05) is 9.80 Å². The molecule has 0 aromatic rings. The zero-order valence-corrected chi connectivity index (χ0v) is 55.0. The summed E-state index contributed by atoms with van der Waals surface area (Å²) in [5.41, 5.74) is 0. The molecule has 486 valence electrons. The molecule has 0 aliphatic carbocycles. The molecule has 0 aliphatic rings. The summed E-state index contributed by atoms with van der Waals surface area (Å²) in [6.07, 6.45) is 60.3. The van der Waals surface area contributed by atoms with Gasteiger partial charge >= 0.3 is 23.9 Å². The molecule has 0 saturated heterocycles. The number of hydrogen-bond donors (Lipinski definition) is 2. The van der Waals surface area contributed by atoms with Crippen molar-refractivity contribution in [1.82, 2.24) is 20.4 Å². The summed E-state index contributed by atoms with van der Waals surface area (Å²) in [4.78, 5) is 56.0. The van der Waals surface area contributed by atoms with Crippen molar-refractivity contribution in [2.45, 2.75) is 336 Å². The number of esters is 4. The average molecular weight is 1160 g/mol. The van der Waals surface area contributed by atoms with Gasteiger partial charge in [-0.05, 0) is 25.7 Å². The number of nitrogens with one attached hydrogen (secondary N) is 2. The second-order valence-corrected chi connectivity index (χ2v) is 24.3. The van der Waals surface area contributed by atoms with Gasteiger partial charge in [-0.3, -0.25) is 29.0 Å². The van der Waals surface area contributed by atoms with Crippen molar-refractivity contribution in [3.63, 3.8) is 0 Å². The minimum absolute atomic E-state index is 0.111. The van der Waals surface area contributed by atoms with Crippen molar-refractivity contribution >= 4 is 23.9 Å². The minimum Gasteiger partial charge on any atom is -0.465 e. The van der Waals surface area contributed by atoms with E-state index in [-0.39, 0.29) is 50.1 Å². The van der Waals surface area contributed by atoms with Crippen LogP contribution in [0.1, 0.15) is 336 Å². The van der Waals surface area contributed by atoms with Gasteiger partial charge in [0, 0.05) is 39.3 Å². The standard InChI is InChI=1S/C70H138N4O8/c1-5-9-13-17-21-25-29-33-37-41-45-49-59-79-67(75)63-71-53-55-73(65-69(77)81-61-51-47-43-39-35-31-27-23-19-15-11-7-3)57-58-74(66-70(78)82-62-52-48-44-40-36-32-28-24-20-16-12-8-4)56-54-72-64-68(76)80-60-50-46-42-38-34-30-26-22-18-14-10-6-2/h71-72H,5-66H2,1-4H3. The van der Waals surface area contributed by atoms with Crippen molar-refractivity contribution < 1.29 is 38.1 Å². The molecule has 0 amide bonds. The second-order valence-electron chi connectivity index (χ2n) is 24.3. The molecule has 2 N–H and O–H groups in total. The van der Waals surface area contributed by atoms with Crippen LogP contribution in [-0.4, -0.2) is 126 Å². The van der Waals surface area contributed by atoms with E-state index in [2.05, 4.69) is 38.3 Å². The molecule has 0 saturated carbocycles. The summed E-state index contributed by atoms with van der Waals surface area (Å²) >= 11 is 0. The maximum Gasteiger partial charge on any atom is 0.320 e. The molecule has 82 heavy (non-hydrogen) atoms. The summed E-state index contributed by atoms with van der Waals surface area (Å²) < 4.78 is 22.6. The molecule has 0 aliphatic heterocycles. The van der Waals surface area contributed by atoms with E-state index in [0.29, 0.717) is 65.7 Å². The normalized spacial score (nSPS) is 11.5. The van der Waals surface area contributed by atoms with Crippen molar-refractivity contribution in [1.29, 1.82) is 0 Å². The smallest absolute Gasteiger partial charge is 0.320 e. The van der Waals surface area contributed by atoms with E-state index in [4.69, 9.17) is 18.9 Å². The Morgan fingerprint density at radius 3 is 0.634 bits per heavy atom. The van der Waals surface area contributed by atoms with Gasteiger partial charge in [0.1, 0.15) is 0 Å². The van der Waals surface area contributed by atoms with Gasteiger partial charge in [0.15, 0.2) is 0 Å². The number of carbonyl (C=O) groups excluding carboxylic acids is 4. The lowest BCUT2D eigenvalue weighted by atomic mass is 10.1. The van der Waals surface area contributed by atoms with Crippen LogP contribution in [0, 0.1) is 0 Å². The van der Waals surface area contributed by atoms with Gasteiger partial charge in [0.25, 0.3) is 0 Å². The molecule has 0 heterocycles. The number of ether oxygens (including phenoxy) is 4. The summed E-state index contributed by atoms with van der Waals surface area (Å²) in [5.74, 6) is -1.04. The zero-order chi connectivity index (χ0) is 59.5. The van der Waals surface area contributed by atoms with E-state index < -0.39 is 0 Å². The molecular weight excluding hydrogens is 1020 g/mol. The Morgan fingerprint density at radius 1 is 0.244 bits per heavy atom.